The highest BCUT2D eigenvalue weighted by Gasteiger charge is 2.31. The minimum Gasteiger partial charge on any atom is -0.497 e. The van der Waals surface area contributed by atoms with Crippen molar-refractivity contribution in [2.24, 2.45) is 0 Å². The van der Waals surface area contributed by atoms with E-state index in [0.29, 0.717) is 0 Å². The highest BCUT2D eigenvalue weighted by atomic mass is 32.2. The summed E-state index contributed by atoms with van der Waals surface area (Å²) in [5, 5.41) is 0. The zero-order chi connectivity index (χ0) is 18.5. The molecule has 0 radical (unpaired) electrons. The fourth-order valence-corrected chi connectivity index (χ4v) is 7.19. The fourth-order valence-electron chi connectivity index (χ4n) is 4.57. The number of anilines is 1. The van der Waals surface area contributed by atoms with Crippen LogP contribution in [-0.4, -0.2) is 91.3 Å². The molecule has 3 fully saturated rings. The summed E-state index contributed by atoms with van der Waals surface area (Å²) in [6, 6.07) is 10.1. The van der Waals surface area contributed by atoms with E-state index >= 15 is 0 Å². The number of nitrogens with zero attached hydrogens (tertiary/aromatic N) is 3. The summed E-state index contributed by atoms with van der Waals surface area (Å²) in [4.78, 5) is 8.10. The van der Waals surface area contributed by atoms with Gasteiger partial charge in [0.25, 0.3) is 0 Å². The normalized spacial score (nSPS) is 26.7. The van der Waals surface area contributed by atoms with Gasteiger partial charge in [-0.2, -0.15) is 23.5 Å². The summed E-state index contributed by atoms with van der Waals surface area (Å²) in [6.45, 7) is 7.26. The van der Waals surface area contributed by atoms with E-state index in [-0.39, 0.29) is 0 Å². The van der Waals surface area contributed by atoms with Gasteiger partial charge in [0.2, 0.25) is 0 Å². The molecular formula is C21H33N3OS2. The minimum atomic E-state index is 0.759. The average Bonchev–Trinajstić information content (AvgIpc) is 3.04. The van der Waals surface area contributed by atoms with Crippen LogP contribution in [0.2, 0.25) is 0 Å². The Balaban J connectivity index is 1.29. The summed E-state index contributed by atoms with van der Waals surface area (Å²) in [7, 11) is 1.73. The highest BCUT2D eigenvalue weighted by molar-refractivity contribution is 8.03. The fraction of sp³-hybridized carbons (Fsp3) is 0.714. The van der Waals surface area contributed by atoms with Crippen LogP contribution in [0, 0.1) is 0 Å². The molecule has 0 amide bonds. The van der Waals surface area contributed by atoms with Gasteiger partial charge in [-0.25, -0.2) is 0 Å². The van der Waals surface area contributed by atoms with Gasteiger partial charge < -0.3 is 9.64 Å². The number of hydrogen-bond acceptors (Lipinski definition) is 6. The van der Waals surface area contributed by atoms with Crippen LogP contribution < -0.4 is 9.64 Å². The number of rotatable bonds is 4. The number of piperazine rings is 1. The first-order valence-corrected chi connectivity index (χ1v) is 12.7. The molecule has 27 heavy (non-hydrogen) atoms. The maximum atomic E-state index is 5.29. The van der Waals surface area contributed by atoms with Gasteiger partial charge in [0.05, 0.1) is 7.11 Å². The Hall–Kier alpha value is -0.560. The van der Waals surface area contributed by atoms with Crippen molar-refractivity contribution in [2.75, 3.05) is 74.3 Å². The van der Waals surface area contributed by atoms with Crippen LogP contribution in [0.1, 0.15) is 12.8 Å². The van der Waals surface area contributed by atoms with E-state index in [0.717, 1.165) is 30.9 Å². The van der Waals surface area contributed by atoms with Crippen LogP contribution in [0.15, 0.2) is 24.3 Å². The summed E-state index contributed by atoms with van der Waals surface area (Å²) in [5.74, 6) is 6.29. The van der Waals surface area contributed by atoms with Crippen molar-refractivity contribution in [3.63, 3.8) is 0 Å². The lowest BCUT2D eigenvalue weighted by Crippen LogP contribution is -2.57. The maximum absolute atomic E-state index is 5.29. The predicted molar refractivity (Wildman–Crippen MR) is 120 cm³/mol. The SMILES string of the molecule is COc1ccc(N2CCN(C3CCCN(C4CSCCSC4)C3)CC2)cc1. The number of ether oxygens (including phenoxy) is 1. The minimum absolute atomic E-state index is 0.759. The number of likely N-dealkylation sites (tertiary alicyclic amines) is 1. The molecule has 1 aromatic rings. The third-order valence-corrected chi connectivity index (χ3v) is 8.69. The average molecular weight is 408 g/mol. The molecule has 0 aromatic heterocycles. The quantitative estimate of drug-likeness (QED) is 0.758. The van der Waals surface area contributed by atoms with Crippen LogP contribution in [0.3, 0.4) is 0 Å². The molecule has 4 nitrogen and oxygen atoms in total. The van der Waals surface area contributed by atoms with Crippen LogP contribution in [0.4, 0.5) is 5.69 Å². The lowest BCUT2D eigenvalue weighted by Gasteiger charge is -2.45. The maximum Gasteiger partial charge on any atom is 0.119 e. The Morgan fingerprint density at radius 1 is 0.852 bits per heavy atom. The lowest BCUT2D eigenvalue weighted by molar-refractivity contribution is 0.0783. The molecule has 3 aliphatic heterocycles. The first-order chi connectivity index (χ1) is 13.3. The van der Waals surface area contributed by atoms with E-state index in [4.69, 9.17) is 4.74 Å². The van der Waals surface area contributed by atoms with E-state index in [2.05, 4.69) is 62.5 Å². The molecule has 150 valence electrons. The van der Waals surface area contributed by atoms with Crippen molar-refractivity contribution in [2.45, 2.75) is 24.9 Å². The molecule has 3 aliphatic rings. The Bertz CT molecular complexity index is 569. The molecule has 0 aliphatic carbocycles. The number of piperidine rings is 1. The monoisotopic (exact) mass is 407 g/mol. The largest absolute Gasteiger partial charge is 0.497 e. The number of thioether (sulfide) groups is 2. The standard InChI is InChI=1S/C21H33N3OS2/c1-25-21-6-4-18(5-7-21)22-9-11-23(12-10-22)19-3-2-8-24(15-19)20-16-26-13-14-27-17-20/h4-7,19-20H,2-3,8-17H2,1H3. The third kappa shape index (κ3) is 5.08. The lowest BCUT2D eigenvalue weighted by atomic mass is 10.0. The van der Waals surface area contributed by atoms with Gasteiger partial charge in [0.15, 0.2) is 0 Å². The number of benzene rings is 1. The molecule has 1 unspecified atom stereocenters. The van der Waals surface area contributed by atoms with Gasteiger partial charge in [-0.3, -0.25) is 9.80 Å². The molecule has 4 rings (SSSR count). The van der Waals surface area contributed by atoms with E-state index in [1.165, 1.54) is 67.7 Å². The molecule has 6 heteroatoms. The van der Waals surface area contributed by atoms with Gasteiger partial charge in [-0.1, -0.05) is 0 Å². The Morgan fingerprint density at radius 3 is 2.22 bits per heavy atom. The summed E-state index contributed by atoms with van der Waals surface area (Å²) in [6.07, 6.45) is 2.75. The molecule has 1 aromatic carbocycles. The van der Waals surface area contributed by atoms with Crippen molar-refractivity contribution >= 4 is 29.2 Å². The predicted octanol–water partition coefficient (Wildman–Crippen LogP) is 3.13. The van der Waals surface area contributed by atoms with E-state index in [1.807, 2.05) is 0 Å². The zero-order valence-corrected chi connectivity index (χ0v) is 18.1. The van der Waals surface area contributed by atoms with Gasteiger partial charge in [-0.15, -0.1) is 0 Å². The first kappa shape index (κ1) is 19.7. The summed E-state index contributed by atoms with van der Waals surface area (Å²) >= 11 is 4.33. The molecule has 0 N–H and O–H groups in total. The Kier molecular flexibility index (Phi) is 7.14. The second-order valence-corrected chi connectivity index (χ2v) is 10.1. The number of methoxy groups -OCH3 is 1. The second-order valence-electron chi connectivity index (χ2n) is 7.82. The molecular weight excluding hydrogens is 374 g/mol. The van der Waals surface area contributed by atoms with Gasteiger partial charge >= 0.3 is 0 Å². The first-order valence-electron chi connectivity index (χ1n) is 10.4. The molecule has 3 heterocycles. The van der Waals surface area contributed by atoms with Gasteiger partial charge in [0, 0.05) is 73.5 Å². The molecule has 3 saturated heterocycles. The van der Waals surface area contributed by atoms with E-state index in [1.54, 1.807) is 7.11 Å². The van der Waals surface area contributed by atoms with Crippen molar-refractivity contribution in [3.05, 3.63) is 24.3 Å². The van der Waals surface area contributed by atoms with E-state index < -0.39 is 0 Å². The zero-order valence-electron chi connectivity index (χ0n) is 16.5. The molecule has 1 atom stereocenters. The van der Waals surface area contributed by atoms with Crippen molar-refractivity contribution in [3.8, 4) is 5.75 Å². The smallest absolute Gasteiger partial charge is 0.119 e. The highest BCUT2D eigenvalue weighted by Crippen LogP contribution is 2.26. The van der Waals surface area contributed by atoms with E-state index in [9.17, 15) is 0 Å². The van der Waals surface area contributed by atoms with Gasteiger partial charge in [-0.05, 0) is 43.7 Å². The van der Waals surface area contributed by atoms with Gasteiger partial charge in [0.1, 0.15) is 5.75 Å². The van der Waals surface area contributed by atoms with Crippen molar-refractivity contribution < 1.29 is 4.74 Å². The third-order valence-electron chi connectivity index (χ3n) is 6.21. The van der Waals surface area contributed by atoms with Crippen LogP contribution in [0.5, 0.6) is 5.75 Å². The topological polar surface area (TPSA) is 19.0 Å². The Morgan fingerprint density at radius 2 is 1.56 bits per heavy atom. The molecule has 0 spiro atoms. The molecule has 0 bridgehead atoms. The second kappa shape index (κ2) is 9.77. The van der Waals surface area contributed by atoms with Crippen molar-refractivity contribution in [1.82, 2.24) is 9.80 Å². The number of hydrogen-bond donors (Lipinski definition) is 0. The Labute approximate surface area is 173 Å². The van der Waals surface area contributed by atoms with Crippen LogP contribution in [-0.2, 0) is 0 Å². The summed E-state index contributed by atoms with van der Waals surface area (Å²) < 4.78 is 5.29. The summed E-state index contributed by atoms with van der Waals surface area (Å²) in [5.41, 5.74) is 1.33. The van der Waals surface area contributed by atoms with Crippen LogP contribution >= 0.6 is 23.5 Å². The molecule has 0 saturated carbocycles. The van der Waals surface area contributed by atoms with Crippen LogP contribution in [0.25, 0.3) is 0 Å². The van der Waals surface area contributed by atoms with Crippen molar-refractivity contribution in [1.29, 1.82) is 0 Å².